The van der Waals surface area contributed by atoms with Gasteiger partial charge in [-0.1, -0.05) is 12.1 Å². The molecule has 0 spiro atoms. The van der Waals surface area contributed by atoms with Crippen molar-refractivity contribution in [2.45, 2.75) is 32.4 Å². The number of hydrogen-bond donors (Lipinski definition) is 2. The standard InChI is InChI=1S/C14H20N2O2/c1-10-5-4-6-11(7-10)16-9-14(2,3)15-13(18)12(16)8-17/h4-7,12,17H,8-9H2,1-3H3,(H,15,18). The van der Waals surface area contributed by atoms with Crippen molar-refractivity contribution in [2.24, 2.45) is 0 Å². The molecule has 98 valence electrons. The molecule has 18 heavy (non-hydrogen) atoms. The van der Waals surface area contributed by atoms with Crippen LogP contribution in [0.3, 0.4) is 0 Å². The molecule has 0 saturated carbocycles. The van der Waals surface area contributed by atoms with Gasteiger partial charge in [0.05, 0.1) is 12.1 Å². The van der Waals surface area contributed by atoms with Gasteiger partial charge in [0.1, 0.15) is 6.04 Å². The van der Waals surface area contributed by atoms with Crippen LogP contribution in [0.2, 0.25) is 0 Å². The summed E-state index contributed by atoms with van der Waals surface area (Å²) < 4.78 is 0. The SMILES string of the molecule is Cc1cccc(N2CC(C)(C)NC(=O)C2CO)c1. The second-order valence-corrected chi connectivity index (χ2v) is 5.54. The average molecular weight is 248 g/mol. The van der Waals surface area contributed by atoms with Crippen LogP contribution in [0.1, 0.15) is 19.4 Å². The summed E-state index contributed by atoms with van der Waals surface area (Å²) >= 11 is 0. The molecule has 2 N–H and O–H groups in total. The van der Waals surface area contributed by atoms with Crippen molar-refractivity contribution in [2.75, 3.05) is 18.1 Å². The summed E-state index contributed by atoms with van der Waals surface area (Å²) in [6.45, 7) is 6.51. The largest absolute Gasteiger partial charge is 0.394 e. The normalized spacial score (nSPS) is 22.8. The summed E-state index contributed by atoms with van der Waals surface area (Å²) in [4.78, 5) is 14.0. The van der Waals surface area contributed by atoms with Crippen LogP contribution >= 0.6 is 0 Å². The predicted octanol–water partition coefficient (Wildman–Crippen LogP) is 1.07. The van der Waals surface area contributed by atoms with Crippen molar-refractivity contribution < 1.29 is 9.90 Å². The van der Waals surface area contributed by atoms with E-state index in [2.05, 4.69) is 5.32 Å². The Hall–Kier alpha value is -1.55. The summed E-state index contributed by atoms with van der Waals surface area (Å²) in [6.07, 6.45) is 0. The second kappa shape index (κ2) is 4.61. The highest BCUT2D eigenvalue weighted by Crippen LogP contribution is 2.24. The van der Waals surface area contributed by atoms with Crippen molar-refractivity contribution >= 4 is 11.6 Å². The van der Waals surface area contributed by atoms with Crippen LogP contribution in [0.25, 0.3) is 0 Å². The van der Waals surface area contributed by atoms with E-state index in [9.17, 15) is 9.90 Å². The number of aliphatic hydroxyl groups excluding tert-OH is 1. The highest BCUT2D eigenvalue weighted by atomic mass is 16.3. The van der Waals surface area contributed by atoms with Gasteiger partial charge in [0.2, 0.25) is 5.91 Å². The first-order chi connectivity index (χ1) is 8.43. The molecule has 2 rings (SSSR count). The highest BCUT2D eigenvalue weighted by molar-refractivity contribution is 5.87. The van der Waals surface area contributed by atoms with Crippen molar-refractivity contribution in [3.8, 4) is 0 Å². The van der Waals surface area contributed by atoms with E-state index in [-0.39, 0.29) is 18.1 Å². The van der Waals surface area contributed by atoms with Crippen LogP contribution in [0.4, 0.5) is 5.69 Å². The summed E-state index contributed by atoms with van der Waals surface area (Å²) in [5.74, 6) is -0.116. The summed E-state index contributed by atoms with van der Waals surface area (Å²) in [5.41, 5.74) is 1.84. The first-order valence-corrected chi connectivity index (χ1v) is 6.19. The van der Waals surface area contributed by atoms with Gasteiger partial charge in [0.15, 0.2) is 0 Å². The molecule has 0 aliphatic carbocycles. The Morgan fingerprint density at radius 3 is 2.83 bits per heavy atom. The molecule has 1 aliphatic rings. The number of aliphatic hydroxyl groups is 1. The third-order valence-electron chi connectivity index (χ3n) is 3.21. The molecular formula is C14H20N2O2. The number of carbonyl (C=O) groups is 1. The molecule has 1 aromatic rings. The van der Waals surface area contributed by atoms with Crippen LogP contribution in [-0.2, 0) is 4.79 Å². The van der Waals surface area contributed by atoms with Gasteiger partial charge in [-0.2, -0.15) is 0 Å². The minimum Gasteiger partial charge on any atom is -0.394 e. The number of nitrogens with one attached hydrogen (secondary N) is 1. The maximum atomic E-state index is 12.0. The zero-order valence-corrected chi connectivity index (χ0v) is 11.1. The summed E-state index contributed by atoms with van der Waals surface area (Å²) in [7, 11) is 0. The molecule has 1 aliphatic heterocycles. The topological polar surface area (TPSA) is 52.6 Å². The van der Waals surface area contributed by atoms with Gasteiger partial charge in [-0.25, -0.2) is 0 Å². The van der Waals surface area contributed by atoms with E-state index in [0.717, 1.165) is 11.3 Å². The summed E-state index contributed by atoms with van der Waals surface area (Å²) in [6, 6.07) is 7.51. The molecular weight excluding hydrogens is 228 g/mol. The Morgan fingerprint density at radius 1 is 1.50 bits per heavy atom. The molecule has 0 bridgehead atoms. The maximum Gasteiger partial charge on any atom is 0.245 e. The first-order valence-electron chi connectivity index (χ1n) is 6.19. The third-order valence-corrected chi connectivity index (χ3v) is 3.21. The average Bonchev–Trinajstić information content (AvgIpc) is 2.27. The van der Waals surface area contributed by atoms with Crippen LogP contribution in [0.5, 0.6) is 0 Å². The van der Waals surface area contributed by atoms with Gasteiger partial charge < -0.3 is 15.3 Å². The zero-order valence-electron chi connectivity index (χ0n) is 11.1. The smallest absolute Gasteiger partial charge is 0.245 e. The fourth-order valence-corrected chi connectivity index (χ4v) is 2.39. The Bertz CT molecular complexity index is 457. The van der Waals surface area contributed by atoms with E-state index in [4.69, 9.17) is 0 Å². The molecule has 1 amide bonds. The summed E-state index contributed by atoms with van der Waals surface area (Å²) in [5, 5.41) is 12.4. The fourth-order valence-electron chi connectivity index (χ4n) is 2.39. The van der Waals surface area contributed by atoms with Gasteiger partial charge in [-0.05, 0) is 38.5 Å². The van der Waals surface area contributed by atoms with E-state index in [1.807, 2.05) is 49.9 Å². The first kappa shape index (κ1) is 12.9. The van der Waals surface area contributed by atoms with E-state index in [0.29, 0.717) is 6.54 Å². The molecule has 1 fully saturated rings. The van der Waals surface area contributed by atoms with Crippen molar-refractivity contribution in [3.05, 3.63) is 29.8 Å². The highest BCUT2D eigenvalue weighted by Gasteiger charge is 2.38. The monoisotopic (exact) mass is 248 g/mol. The second-order valence-electron chi connectivity index (χ2n) is 5.54. The van der Waals surface area contributed by atoms with Crippen molar-refractivity contribution in [1.82, 2.24) is 5.32 Å². The molecule has 4 heteroatoms. The van der Waals surface area contributed by atoms with E-state index in [1.54, 1.807) is 0 Å². The van der Waals surface area contributed by atoms with Crippen molar-refractivity contribution in [3.63, 3.8) is 0 Å². The number of piperazine rings is 1. The lowest BCUT2D eigenvalue weighted by atomic mass is 9.97. The minimum atomic E-state index is -0.500. The lowest BCUT2D eigenvalue weighted by Gasteiger charge is -2.44. The number of aryl methyl sites for hydroxylation is 1. The lowest BCUT2D eigenvalue weighted by molar-refractivity contribution is -0.126. The number of amides is 1. The molecule has 4 nitrogen and oxygen atoms in total. The van der Waals surface area contributed by atoms with Gasteiger partial charge in [-0.15, -0.1) is 0 Å². The van der Waals surface area contributed by atoms with Crippen LogP contribution in [0.15, 0.2) is 24.3 Å². The number of anilines is 1. The van der Waals surface area contributed by atoms with Crippen LogP contribution < -0.4 is 10.2 Å². The van der Waals surface area contributed by atoms with Crippen LogP contribution in [0, 0.1) is 6.92 Å². The Labute approximate surface area is 108 Å². The quantitative estimate of drug-likeness (QED) is 0.823. The van der Waals surface area contributed by atoms with Crippen LogP contribution in [-0.4, -0.2) is 35.7 Å². The predicted molar refractivity (Wildman–Crippen MR) is 71.6 cm³/mol. The molecule has 1 aromatic carbocycles. The zero-order chi connectivity index (χ0) is 13.3. The third kappa shape index (κ3) is 2.48. The number of carbonyl (C=O) groups excluding carboxylic acids is 1. The molecule has 1 saturated heterocycles. The van der Waals surface area contributed by atoms with E-state index >= 15 is 0 Å². The number of hydrogen-bond acceptors (Lipinski definition) is 3. The molecule has 1 heterocycles. The Kier molecular flexibility index (Phi) is 3.30. The molecule has 0 radical (unpaired) electrons. The minimum absolute atomic E-state index is 0.116. The van der Waals surface area contributed by atoms with E-state index in [1.165, 1.54) is 0 Å². The van der Waals surface area contributed by atoms with Gasteiger partial charge in [-0.3, -0.25) is 4.79 Å². The Balaban J connectivity index is 2.36. The molecule has 0 aromatic heterocycles. The van der Waals surface area contributed by atoms with Gasteiger partial charge in [0, 0.05) is 12.2 Å². The number of nitrogens with zero attached hydrogens (tertiary/aromatic N) is 1. The van der Waals surface area contributed by atoms with Gasteiger partial charge >= 0.3 is 0 Å². The maximum absolute atomic E-state index is 12.0. The van der Waals surface area contributed by atoms with E-state index < -0.39 is 6.04 Å². The number of benzene rings is 1. The fraction of sp³-hybridized carbons (Fsp3) is 0.500. The Morgan fingerprint density at radius 2 is 2.22 bits per heavy atom. The lowest BCUT2D eigenvalue weighted by Crippen LogP contribution is -2.66. The molecule has 1 unspecified atom stereocenters. The number of rotatable bonds is 2. The molecule has 1 atom stereocenters. The van der Waals surface area contributed by atoms with Gasteiger partial charge in [0.25, 0.3) is 0 Å². The van der Waals surface area contributed by atoms with Crippen molar-refractivity contribution in [1.29, 1.82) is 0 Å².